The first kappa shape index (κ1) is 26.3. The van der Waals surface area contributed by atoms with Crippen LogP contribution >= 0.6 is 11.6 Å². The maximum Gasteiger partial charge on any atom is 0.433 e. The van der Waals surface area contributed by atoms with E-state index in [-0.39, 0.29) is 11.2 Å². The van der Waals surface area contributed by atoms with Crippen molar-refractivity contribution in [3.05, 3.63) is 64.8 Å². The predicted molar refractivity (Wildman–Crippen MR) is 125 cm³/mol. The lowest BCUT2D eigenvalue weighted by Gasteiger charge is -2.09. The van der Waals surface area contributed by atoms with E-state index in [1.165, 1.54) is 56.7 Å². The first-order valence-electron chi connectivity index (χ1n) is 10.5. The van der Waals surface area contributed by atoms with Crippen molar-refractivity contribution in [3.8, 4) is 5.75 Å². The third-order valence-corrected chi connectivity index (χ3v) is 5.18. The van der Waals surface area contributed by atoms with Crippen LogP contribution < -0.4 is 16.2 Å². The quantitative estimate of drug-likeness (QED) is 0.430. The lowest BCUT2D eigenvalue weighted by molar-refractivity contribution is -0.140. The average molecular weight is 482 g/mol. The number of nitrogens with zero attached hydrogens (tertiary/aromatic N) is 1. The van der Waals surface area contributed by atoms with E-state index in [0.29, 0.717) is 21.7 Å². The van der Waals surface area contributed by atoms with Gasteiger partial charge in [-0.2, -0.15) is 13.2 Å². The molecule has 4 rings (SSSR count). The third kappa shape index (κ3) is 8.46. The van der Waals surface area contributed by atoms with Gasteiger partial charge in [0.1, 0.15) is 11.4 Å². The Morgan fingerprint density at radius 1 is 1.00 bits per heavy atom. The molecule has 0 aliphatic heterocycles. The number of carbonyl (C=O) groups is 1. The number of nitrogens with two attached hydrogens (primary N) is 2. The molecule has 1 heterocycles. The molecule has 1 saturated carbocycles. The highest BCUT2D eigenvalue weighted by Crippen LogP contribution is 2.32. The molecule has 0 unspecified atom stereocenters. The molecule has 0 saturated heterocycles. The van der Waals surface area contributed by atoms with E-state index in [9.17, 15) is 18.0 Å². The summed E-state index contributed by atoms with van der Waals surface area (Å²) in [4.78, 5) is 14.1. The largest absolute Gasteiger partial charge is 0.497 e. The van der Waals surface area contributed by atoms with Gasteiger partial charge in [0.15, 0.2) is 0 Å². The Kier molecular flexibility index (Phi) is 9.78. The highest BCUT2D eigenvalue weighted by Gasteiger charge is 2.33. The lowest BCUT2D eigenvalue weighted by atomic mass is 10.0. The first-order chi connectivity index (χ1) is 15.6. The number of amides is 1. The maximum absolute atomic E-state index is 12.4. The highest BCUT2D eigenvalue weighted by atomic mass is 35.5. The summed E-state index contributed by atoms with van der Waals surface area (Å²) in [5, 5.41) is 0.821. The smallest absolute Gasteiger partial charge is 0.433 e. The molecule has 178 valence electrons. The summed E-state index contributed by atoms with van der Waals surface area (Å²) in [5.74, 6) is 0.199. The van der Waals surface area contributed by atoms with E-state index in [1.54, 1.807) is 31.4 Å². The van der Waals surface area contributed by atoms with Gasteiger partial charge in [-0.25, -0.2) is 4.98 Å². The summed E-state index contributed by atoms with van der Waals surface area (Å²) in [6, 6.07) is 11.9. The number of carbonyl (C=O) groups excluding carboxylic acids is 1. The molecule has 1 aromatic heterocycles. The van der Waals surface area contributed by atoms with Gasteiger partial charge in [-0.05, 0) is 42.5 Å². The van der Waals surface area contributed by atoms with Gasteiger partial charge < -0.3 is 16.2 Å². The second kappa shape index (κ2) is 12.3. The number of hydrogen-bond donors (Lipinski definition) is 2. The average Bonchev–Trinajstić information content (AvgIpc) is 2.81. The van der Waals surface area contributed by atoms with Crippen LogP contribution in [0.25, 0.3) is 10.9 Å². The van der Waals surface area contributed by atoms with E-state index < -0.39 is 17.8 Å². The topological polar surface area (TPSA) is 91.2 Å². The normalized spacial score (nSPS) is 13.2. The second-order valence-corrected chi connectivity index (χ2v) is 7.91. The van der Waals surface area contributed by atoms with Crippen LogP contribution in [0.2, 0.25) is 5.02 Å². The number of methoxy groups -OCH3 is 1. The predicted octanol–water partition coefficient (Wildman–Crippen LogP) is 6.62. The summed E-state index contributed by atoms with van der Waals surface area (Å²) in [7, 11) is 1.54. The van der Waals surface area contributed by atoms with Crippen molar-refractivity contribution in [3.63, 3.8) is 0 Å². The molecule has 0 atom stereocenters. The molecule has 0 radical (unpaired) electrons. The Hall–Kier alpha value is -3.00. The number of alkyl halides is 3. The van der Waals surface area contributed by atoms with Crippen LogP contribution in [-0.4, -0.2) is 18.0 Å². The third-order valence-electron chi connectivity index (χ3n) is 4.95. The molecule has 0 spiro atoms. The summed E-state index contributed by atoms with van der Waals surface area (Å²) < 4.78 is 42.2. The number of fused-ring (bicyclic) bond motifs is 1. The number of primary amides is 1. The number of hydrogen-bond acceptors (Lipinski definition) is 4. The minimum atomic E-state index is -4.50. The molecule has 4 N–H and O–H groups in total. The number of benzene rings is 2. The van der Waals surface area contributed by atoms with Crippen molar-refractivity contribution < 1.29 is 22.7 Å². The van der Waals surface area contributed by atoms with Crippen LogP contribution in [0.5, 0.6) is 5.75 Å². The first-order valence-corrected chi connectivity index (χ1v) is 10.9. The highest BCUT2D eigenvalue weighted by molar-refractivity contribution is 6.31. The van der Waals surface area contributed by atoms with Crippen LogP contribution in [0.15, 0.2) is 48.5 Å². The molecule has 2 aromatic carbocycles. The molecular formula is C24H27ClF3N3O2. The molecule has 33 heavy (non-hydrogen) atoms. The molecule has 0 bridgehead atoms. The number of nitrogen functional groups attached to an aromatic ring is 1. The minimum absolute atomic E-state index is 0.0137. The molecule has 1 aliphatic carbocycles. The van der Waals surface area contributed by atoms with E-state index in [2.05, 4.69) is 4.98 Å². The fraction of sp³-hybridized carbons (Fsp3) is 0.333. The summed E-state index contributed by atoms with van der Waals surface area (Å²) >= 11 is 5.71. The van der Waals surface area contributed by atoms with Crippen LogP contribution in [0.3, 0.4) is 0 Å². The Morgan fingerprint density at radius 2 is 1.61 bits per heavy atom. The standard InChI is InChI=1S/C10H6ClF3N2.C8H9NO2.C6H12/c11-5-1-2-8-6(3-5)7(15)4-9(16-8)10(12,13)14;1-11-7-4-2-3-6(5-7)8(9)10;1-2-4-6-5-3-1/h1-4H,(H2,15,16);2-5H,1H3,(H2,9,10);1-6H2. The second-order valence-electron chi connectivity index (χ2n) is 7.47. The van der Waals surface area contributed by atoms with E-state index in [4.69, 9.17) is 27.8 Å². The number of anilines is 1. The van der Waals surface area contributed by atoms with Crippen molar-refractivity contribution in [2.24, 2.45) is 5.73 Å². The summed E-state index contributed by atoms with van der Waals surface area (Å²) in [6.45, 7) is 0. The molecule has 3 aromatic rings. The van der Waals surface area contributed by atoms with Gasteiger partial charge in [-0.3, -0.25) is 4.79 Å². The van der Waals surface area contributed by atoms with Crippen molar-refractivity contribution >= 4 is 34.1 Å². The summed E-state index contributed by atoms with van der Waals surface area (Å²) in [6.07, 6.45) is 4.50. The molecular weight excluding hydrogens is 455 g/mol. The van der Waals surface area contributed by atoms with Gasteiger partial charge in [0.25, 0.3) is 0 Å². The van der Waals surface area contributed by atoms with Gasteiger partial charge in [-0.1, -0.05) is 56.2 Å². The molecule has 1 amide bonds. The number of pyridine rings is 1. The van der Waals surface area contributed by atoms with Crippen molar-refractivity contribution in [2.75, 3.05) is 12.8 Å². The maximum atomic E-state index is 12.4. The van der Waals surface area contributed by atoms with Crippen LogP contribution in [0.4, 0.5) is 18.9 Å². The zero-order valence-electron chi connectivity index (χ0n) is 18.3. The summed E-state index contributed by atoms with van der Waals surface area (Å²) in [5.41, 5.74) is 10.2. The minimum Gasteiger partial charge on any atom is -0.497 e. The van der Waals surface area contributed by atoms with Crippen LogP contribution in [0.1, 0.15) is 54.6 Å². The number of halogens is 4. The monoisotopic (exact) mass is 481 g/mol. The lowest BCUT2D eigenvalue weighted by Crippen LogP contribution is -2.10. The van der Waals surface area contributed by atoms with Crippen molar-refractivity contribution in [1.82, 2.24) is 4.98 Å². The molecule has 1 aliphatic rings. The van der Waals surface area contributed by atoms with E-state index in [0.717, 1.165) is 6.07 Å². The van der Waals surface area contributed by atoms with E-state index in [1.807, 2.05) is 0 Å². The SMILES string of the molecule is C1CCCCC1.COc1cccc(C(N)=O)c1.Nc1cc(C(F)(F)F)nc2ccc(Cl)cc12. The van der Waals surface area contributed by atoms with Crippen molar-refractivity contribution in [1.29, 1.82) is 0 Å². The van der Waals surface area contributed by atoms with Gasteiger partial charge in [0, 0.05) is 21.7 Å². The Balaban J connectivity index is 0.000000195. The van der Waals surface area contributed by atoms with Crippen LogP contribution in [0, 0.1) is 0 Å². The molecule has 1 fully saturated rings. The Labute approximate surface area is 195 Å². The molecule has 5 nitrogen and oxygen atoms in total. The number of aromatic nitrogens is 1. The fourth-order valence-corrected chi connectivity index (χ4v) is 3.38. The van der Waals surface area contributed by atoms with Crippen molar-refractivity contribution in [2.45, 2.75) is 44.7 Å². The van der Waals surface area contributed by atoms with Gasteiger partial charge in [0.05, 0.1) is 12.6 Å². The number of rotatable bonds is 2. The van der Waals surface area contributed by atoms with Gasteiger partial charge >= 0.3 is 6.18 Å². The van der Waals surface area contributed by atoms with Crippen LogP contribution in [-0.2, 0) is 6.18 Å². The van der Waals surface area contributed by atoms with Gasteiger partial charge in [0.2, 0.25) is 5.91 Å². The zero-order valence-corrected chi connectivity index (χ0v) is 19.0. The fourth-order valence-electron chi connectivity index (χ4n) is 3.21. The number of ether oxygens (including phenoxy) is 1. The Bertz CT molecular complexity index is 1060. The zero-order chi connectivity index (χ0) is 24.4. The van der Waals surface area contributed by atoms with Gasteiger partial charge in [-0.15, -0.1) is 0 Å². The van der Waals surface area contributed by atoms with E-state index >= 15 is 0 Å². The molecule has 9 heteroatoms. The Morgan fingerprint density at radius 3 is 2.12 bits per heavy atom.